The standard InChI is InChI=1S/C14H27N3/c1-14(9-5-6-10-14)11-16-13(15)17-12-7-3-2-4-8-12/h12H,2-11H2,1H3,(H3,15,16,17). The molecule has 2 aliphatic rings. The predicted molar refractivity (Wildman–Crippen MR) is 73.1 cm³/mol. The molecule has 2 aliphatic carbocycles. The quantitative estimate of drug-likeness (QED) is 0.586. The fraction of sp³-hybridized carbons (Fsp3) is 0.929. The summed E-state index contributed by atoms with van der Waals surface area (Å²) in [6.07, 6.45) is 11.9. The van der Waals surface area contributed by atoms with Crippen molar-refractivity contribution in [3.05, 3.63) is 0 Å². The molecule has 0 bridgehead atoms. The summed E-state index contributed by atoms with van der Waals surface area (Å²) in [6, 6.07) is 0.573. The number of aliphatic imine (C=N–C) groups is 1. The lowest BCUT2D eigenvalue weighted by atomic mass is 9.89. The van der Waals surface area contributed by atoms with Crippen molar-refractivity contribution in [1.82, 2.24) is 5.32 Å². The molecule has 98 valence electrons. The van der Waals surface area contributed by atoms with E-state index in [0.29, 0.717) is 17.4 Å². The monoisotopic (exact) mass is 237 g/mol. The molecule has 0 aliphatic heterocycles. The van der Waals surface area contributed by atoms with E-state index in [-0.39, 0.29) is 0 Å². The Hall–Kier alpha value is -0.730. The highest BCUT2D eigenvalue weighted by Gasteiger charge is 2.28. The number of nitrogens with two attached hydrogens (primary N) is 1. The molecule has 0 aromatic carbocycles. The maximum absolute atomic E-state index is 5.98. The molecule has 0 atom stereocenters. The maximum atomic E-state index is 5.98. The van der Waals surface area contributed by atoms with Crippen molar-refractivity contribution in [3.63, 3.8) is 0 Å². The normalized spacial score (nSPS) is 26.1. The van der Waals surface area contributed by atoms with E-state index in [9.17, 15) is 0 Å². The van der Waals surface area contributed by atoms with Gasteiger partial charge in [0.05, 0.1) is 0 Å². The summed E-state index contributed by atoms with van der Waals surface area (Å²) < 4.78 is 0. The van der Waals surface area contributed by atoms with Crippen LogP contribution < -0.4 is 11.1 Å². The van der Waals surface area contributed by atoms with E-state index >= 15 is 0 Å². The zero-order valence-electron chi connectivity index (χ0n) is 11.2. The number of nitrogens with one attached hydrogen (secondary N) is 1. The van der Waals surface area contributed by atoms with Gasteiger partial charge in [-0.2, -0.15) is 0 Å². The third kappa shape index (κ3) is 3.90. The Morgan fingerprint density at radius 1 is 1.18 bits per heavy atom. The molecule has 2 fully saturated rings. The van der Waals surface area contributed by atoms with E-state index in [1.54, 1.807) is 0 Å². The van der Waals surface area contributed by atoms with Crippen LogP contribution in [-0.2, 0) is 0 Å². The molecule has 0 radical (unpaired) electrons. The van der Waals surface area contributed by atoms with Gasteiger partial charge in [0.1, 0.15) is 0 Å². The summed E-state index contributed by atoms with van der Waals surface area (Å²) in [6.45, 7) is 3.25. The van der Waals surface area contributed by atoms with Gasteiger partial charge < -0.3 is 11.1 Å². The van der Waals surface area contributed by atoms with Gasteiger partial charge in [-0.3, -0.25) is 4.99 Å². The number of rotatable bonds is 3. The SMILES string of the molecule is CC1(CN=C(N)NC2CCCCC2)CCCC1. The molecule has 0 aromatic heterocycles. The molecule has 0 heterocycles. The minimum Gasteiger partial charge on any atom is -0.370 e. The fourth-order valence-corrected chi connectivity index (χ4v) is 3.16. The number of guanidine groups is 1. The van der Waals surface area contributed by atoms with E-state index in [1.165, 1.54) is 57.8 Å². The summed E-state index contributed by atoms with van der Waals surface area (Å²) >= 11 is 0. The Morgan fingerprint density at radius 3 is 2.47 bits per heavy atom. The fourth-order valence-electron chi connectivity index (χ4n) is 3.16. The van der Waals surface area contributed by atoms with Gasteiger partial charge in [-0.25, -0.2) is 0 Å². The van der Waals surface area contributed by atoms with Gasteiger partial charge in [0.15, 0.2) is 5.96 Å². The first-order valence-corrected chi connectivity index (χ1v) is 7.24. The smallest absolute Gasteiger partial charge is 0.188 e. The van der Waals surface area contributed by atoms with Crippen LogP contribution in [0.25, 0.3) is 0 Å². The molecule has 3 heteroatoms. The van der Waals surface area contributed by atoms with Gasteiger partial charge >= 0.3 is 0 Å². The highest BCUT2D eigenvalue weighted by Crippen LogP contribution is 2.37. The van der Waals surface area contributed by atoms with Gasteiger partial charge in [0, 0.05) is 12.6 Å². The highest BCUT2D eigenvalue weighted by atomic mass is 15.1. The maximum Gasteiger partial charge on any atom is 0.188 e. The Morgan fingerprint density at radius 2 is 1.82 bits per heavy atom. The van der Waals surface area contributed by atoms with E-state index in [4.69, 9.17) is 5.73 Å². The summed E-state index contributed by atoms with van der Waals surface area (Å²) in [5.41, 5.74) is 6.40. The van der Waals surface area contributed by atoms with Crippen molar-refractivity contribution in [2.45, 2.75) is 70.8 Å². The Labute approximate surface area is 105 Å². The van der Waals surface area contributed by atoms with Crippen LogP contribution in [0.4, 0.5) is 0 Å². The van der Waals surface area contributed by atoms with Gasteiger partial charge in [-0.15, -0.1) is 0 Å². The van der Waals surface area contributed by atoms with Crippen LogP contribution in [0.15, 0.2) is 4.99 Å². The van der Waals surface area contributed by atoms with Crippen LogP contribution in [0.2, 0.25) is 0 Å². The zero-order chi connectivity index (χ0) is 12.1. The molecule has 17 heavy (non-hydrogen) atoms. The van der Waals surface area contributed by atoms with E-state index in [0.717, 1.165) is 6.54 Å². The molecule has 0 aromatic rings. The van der Waals surface area contributed by atoms with Gasteiger partial charge in [0.25, 0.3) is 0 Å². The van der Waals surface area contributed by atoms with E-state index in [2.05, 4.69) is 17.2 Å². The second-order valence-corrected chi connectivity index (χ2v) is 6.20. The van der Waals surface area contributed by atoms with Crippen molar-refractivity contribution >= 4 is 5.96 Å². The largest absolute Gasteiger partial charge is 0.370 e. The van der Waals surface area contributed by atoms with Gasteiger partial charge in [-0.1, -0.05) is 39.0 Å². The Bertz CT molecular complexity index is 261. The molecule has 0 unspecified atom stereocenters. The molecular formula is C14H27N3. The first kappa shape index (κ1) is 12.7. The lowest BCUT2D eigenvalue weighted by Crippen LogP contribution is -2.41. The third-order valence-electron chi connectivity index (χ3n) is 4.40. The first-order chi connectivity index (χ1) is 8.18. The lowest BCUT2D eigenvalue weighted by Gasteiger charge is -2.24. The van der Waals surface area contributed by atoms with Crippen LogP contribution in [0.1, 0.15) is 64.7 Å². The van der Waals surface area contributed by atoms with Crippen molar-refractivity contribution in [2.24, 2.45) is 16.1 Å². The molecule has 0 saturated heterocycles. The topological polar surface area (TPSA) is 50.4 Å². The number of nitrogens with zero attached hydrogens (tertiary/aromatic N) is 1. The van der Waals surface area contributed by atoms with Crippen molar-refractivity contribution in [2.75, 3.05) is 6.54 Å². The number of hydrogen-bond donors (Lipinski definition) is 2. The predicted octanol–water partition coefficient (Wildman–Crippen LogP) is 2.80. The van der Waals surface area contributed by atoms with Crippen LogP contribution in [-0.4, -0.2) is 18.5 Å². The molecular weight excluding hydrogens is 210 g/mol. The average Bonchev–Trinajstić information content (AvgIpc) is 2.76. The molecule has 2 rings (SSSR count). The van der Waals surface area contributed by atoms with Crippen LogP contribution in [0, 0.1) is 5.41 Å². The zero-order valence-corrected chi connectivity index (χ0v) is 11.2. The van der Waals surface area contributed by atoms with Crippen LogP contribution in [0.5, 0.6) is 0 Å². The number of hydrogen-bond acceptors (Lipinski definition) is 1. The molecule has 0 spiro atoms. The molecule has 3 nitrogen and oxygen atoms in total. The summed E-state index contributed by atoms with van der Waals surface area (Å²) in [4.78, 5) is 4.56. The van der Waals surface area contributed by atoms with Gasteiger partial charge in [-0.05, 0) is 31.1 Å². The van der Waals surface area contributed by atoms with Crippen LogP contribution >= 0.6 is 0 Å². The minimum absolute atomic E-state index is 0.416. The molecule has 3 N–H and O–H groups in total. The second kappa shape index (κ2) is 5.74. The Kier molecular flexibility index (Phi) is 4.30. The minimum atomic E-state index is 0.416. The van der Waals surface area contributed by atoms with Crippen molar-refractivity contribution in [1.29, 1.82) is 0 Å². The van der Waals surface area contributed by atoms with Crippen molar-refractivity contribution in [3.8, 4) is 0 Å². The first-order valence-electron chi connectivity index (χ1n) is 7.24. The highest BCUT2D eigenvalue weighted by molar-refractivity contribution is 5.78. The van der Waals surface area contributed by atoms with E-state index < -0.39 is 0 Å². The van der Waals surface area contributed by atoms with Crippen LogP contribution in [0.3, 0.4) is 0 Å². The summed E-state index contributed by atoms with van der Waals surface area (Å²) in [5, 5.41) is 3.39. The molecule has 0 amide bonds. The van der Waals surface area contributed by atoms with Crippen molar-refractivity contribution < 1.29 is 0 Å². The van der Waals surface area contributed by atoms with E-state index in [1.807, 2.05) is 0 Å². The second-order valence-electron chi connectivity index (χ2n) is 6.20. The van der Waals surface area contributed by atoms with Gasteiger partial charge in [0.2, 0.25) is 0 Å². The lowest BCUT2D eigenvalue weighted by molar-refractivity contribution is 0.349. The summed E-state index contributed by atoms with van der Waals surface area (Å²) in [7, 11) is 0. The third-order valence-corrected chi connectivity index (χ3v) is 4.40. The molecule has 2 saturated carbocycles. The average molecular weight is 237 g/mol. The Balaban J connectivity index is 1.76. The summed E-state index contributed by atoms with van der Waals surface area (Å²) in [5.74, 6) is 0.671.